The predicted octanol–water partition coefficient (Wildman–Crippen LogP) is 1.25. The van der Waals surface area contributed by atoms with Crippen LogP contribution in [0.2, 0.25) is 0 Å². The van der Waals surface area contributed by atoms with Gasteiger partial charge in [0.2, 0.25) is 0 Å². The zero-order chi connectivity index (χ0) is 6.43. The van der Waals surface area contributed by atoms with Gasteiger partial charge in [0.25, 0.3) is 0 Å². The van der Waals surface area contributed by atoms with Crippen LogP contribution >= 0.6 is 0 Å². The van der Waals surface area contributed by atoms with Crippen LogP contribution in [0.4, 0.5) is 0 Å². The number of hydrogen-bond donors (Lipinski definition) is 1. The summed E-state index contributed by atoms with van der Waals surface area (Å²) in [6.45, 7) is 2.11. The van der Waals surface area contributed by atoms with Gasteiger partial charge in [0, 0.05) is 12.1 Å². The average molecular weight is 127 g/mol. The van der Waals surface area contributed by atoms with Crippen LogP contribution in [-0.2, 0) is 0 Å². The minimum Gasteiger partial charge on any atom is -0.313 e. The molecule has 2 bridgehead atoms. The van der Waals surface area contributed by atoms with E-state index in [1.807, 2.05) is 0 Å². The molecule has 2 heteroatoms. The second kappa shape index (κ2) is 1.70. The Morgan fingerprint density at radius 3 is 2.56 bits per heavy atom. The number of nitrogens with zero attached hydrogens (tertiary/aromatic N) is 1. The van der Waals surface area contributed by atoms with E-state index in [2.05, 4.69) is 6.92 Å². The molecule has 0 aromatic rings. The van der Waals surface area contributed by atoms with Crippen molar-refractivity contribution in [3.63, 3.8) is 0 Å². The van der Waals surface area contributed by atoms with E-state index in [-0.39, 0.29) is 0 Å². The lowest BCUT2D eigenvalue weighted by molar-refractivity contribution is -0.144. The molecule has 9 heavy (non-hydrogen) atoms. The van der Waals surface area contributed by atoms with Gasteiger partial charge in [-0.1, -0.05) is 0 Å². The summed E-state index contributed by atoms with van der Waals surface area (Å²) in [6, 6.07) is 0.939. The lowest BCUT2D eigenvalue weighted by atomic mass is 10.0. The van der Waals surface area contributed by atoms with Gasteiger partial charge >= 0.3 is 0 Å². The van der Waals surface area contributed by atoms with Crippen molar-refractivity contribution in [2.45, 2.75) is 38.3 Å². The van der Waals surface area contributed by atoms with E-state index in [0.29, 0.717) is 12.1 Å². The smallest absolute Gasteiger partial charge is 0.0356 e. The fourth-order valence-electron chi connectivity index (χ4n) is 2.22. The second-order valence-electron chi connectivity index (χ2n) is 3.35. The Morgan fingerprint density at radius 1 is 1.44 bits per heavy atom. The minimum absolute atomic E-state index is 0.434. The van der Waals surface area contributed by atoms with Crippen LogP contribution in [0.5, 0.6) is 0 Å². The van der Waals surface area contributed by atoms with Crippen LogP contribution in [0.25, 0.3) is 0 Å². The summed E-state index contributed by atoms with van der Waals surface area (Å²) >= 11 is 0. The Bertz CT molecular complexity index is 108. The third-order valence-electron chi connectivity index (χ3n) is 2.92. The molecular formula is C7H13NO. The van der Waals surface area contributed by atoms with Crippen molar-refractivity contribution in [3.05, 3.63) is 0 Å². The molecule has 0 aromatic heterocycles. The van der Waals surface area contributed by atoms with E-state index in [0.717, 1.165) is 5.92 Å². The van der Waals surface area contributed by atoms with Crippen molar-refractivity contribution >= 4 is 0 Å². The molecule has 52 valence electrons. The molecule has 1 saturated heterocycles. The van der Waals surface area contributed by atoms with Gasteiger partial charge < -0.3 is 5.21 Å². The fourth-order valence-corrected chi connectivity index (χ4v) is 2.22. The average Bonchev–Trinajstić information content (AvgIpc) is 2.37. The molecule has 1 N–H and O–H groups in total. The predicted molar refractivity (Wildman–Crippen MR) is 34.2 cm³/mol. The van der Waals surface area contributed by atoms with Gasteiger partial charge in [0.05, 0.1) is 0 Å². The maximum atomic E-state index is 9.32. The molecule has 1 aliphatic carbocycles. The standard InChI is InChI=1S/C7H13NO/c1-5-6-2-3-7(4-6)8(5)9/h5-7,9H,2-4H2,1H3. The Morgan fingerprint density at radius 2 is 2.22 bits per heavy atom. The van der Waals surface area contributed by atoms with Crippen molar-refractivity contribution in [1.82, 2.24) is 5.06 Å². The van der Waals surface area contributed by atoms with Crippen LogP contribution in [0, 0.1) is 5.92 Å². The van der Waals surface area contributed by atoms with Crippen LogP contribution in [0.15, 0.2) is 0 Å². The summed E-state index contributed by atoms with van der Waals surface area (Å²) in [6.07, 6.45) is 3.78. The highest BCUT2D eigenvalue weighted by Gasteiger charge is 2.42. The largest absolute Gasteiger partial charge is 0.313 e. The summed E-state index contributed by atoms with van der Waals surface area (Å²) in [7, 11) is 0. The first kappa shape index (κ1) is 5.69. The van der Waals surface area contributed by atoms with Gasteiger partial charge in [0.1, 0.15) is 0 Å². The van der Waals surface area contributed by atoms with Crippen molar-refractivity contribution in [2.75, 3.05) is 0 Å². The maximum absolute atomic E-state index is 9.32. The van der Waals surface area contributed by atoms with E-state index in [4.69, 9.17) is 0 Å². The highest BCUT2D eigenvalue weighted by atomic mass is 16.5. The summed E-state index contributed by atoms with van der Waals surface area (Å²) < 4.78 is 0. The van der Waals surface area contributed by atoms with Gasteiger partial charge in [-0.25, -0.2) is 0 Å². The van der Waals surface area contributed by atoms with Gasteiger partial charge in [-0.3, -0.25) is 0 Å². The van der Waals surface area contributed by atoms with E-state index in [9.17, 15) is 5.21 Å². The van der Waals surface area contributed by atoms with E-state index in [1.54, 1.807) is 5.06 Å². The Balaban J connectivity index is 2.15. The van der Waals surface area contributed by atoms with Gasteiger partial charge in [-0.15, -0.1) is 0 Å². The molecule has 2 aliphatic rings. The SMILES string of the molecule is CC1C2CCC(C2)N1O. The zero-order valence-corrected chi connectivity index (χ0v) is 5.75. The second-order valence-corrected chi connectivity index (χ2v) is 3.35. The molecule has 1 saturated carbocycles. The fraction of sp³-hybridized carbons (Fsp3) is 1.00. The van der Waals surface area contributed by atoms with Crippen LogP contribution in [-0.4, -0.2) is 22.4 Å². The van der Waals surface area contributed by atoms with Crippen LogP contribution < -0.4 is 0 Å². The molecule has 0 amide bonds. The molecule has 2 fully saturated rings. The number of rotatable bonds is 0. The minimum atomic E-state index is 0.434. The lowest BCUT2D eigenvalue weighted by Crippen LogP contribution is -2.35. The number of hydrogen-bond acceptors (Lipinski definition) is 2. The molecule has 1 aliphatic heterocycles. The summed E-state index contributed by atoms with van der Waals surface area (Å²) in [4.78, 5) is 0. The first-order chi connectivity index (χ1) is 4.29. The number of fused-ring (bicyclic) bond motifs is 2. The topological polar surface area (TPSA) is 23.5 Å². The number of piperidine rings is 1. The maximum Gasteiger partial charge on any atom is 0.0356 e. The van der Waals surface area contributed by atoms with Gasteiger partial charge in [-0.05, 0) is 32.1 Å². The van der Waals surface area contributed by atoms with Crippen LogP contribution in [0.1, 0.15) is 26.2 Å². The zero-order valence-electron chi connectivity index (χ0n) is 5.75. The molecule has 0 spiro atoms. The highest BCUT2D eigenvalue weighted by Crippen LogP contribution is 2.40. The molecule has 2 rings (SSSR count). The van der Waals surface area contributed by atoms with Crippen molar-refractivity contribution in [2.24, 2.45) is 5.92 Å². The molecule has 3 unspecified atom stereocenters. The Kier molecular flexibility index (Phi) is 1.08. The third-order valence-corrected chi connectivity index (χ3v) is 2.92. The Hall–Kier alpha value is -0.0800. The van der Waals surface area contributed by atoms with Gasteiger partial charge in [0.15, 0.2) is 0 Å². The van der Waals surface area contributed by atoms with Crippen molar-refractivity contribution < 1.29 is 5.21 Å². The summed E-state index contributed by atoms with van der Waals surface area (Å²) in [5, 5.41) is 10.9. The monoisotopic (exact) mass is 127 g/mol. The quantitative estimate of drug-likeness (QED) is 0.529. The van der Waals surface area contributed by atoms with Gasteiger partial charge in [-0.2, -0.15) is 5.06 Å². The van der Waals surface area contributed by atoms with Crippen molar-refractivity contribution in [1.29, 1.82) is 0 Å². The van der Waals surface area contributed by atoms with E-state index < -0.39 is 0 Å². The first-order valence-electron chi connectivity index (χ1n) is 3.76. The number of hydroxylamine groups is 2. The molecule has 1 heterocycles. The molecule has 2 nitrogen and oxygen atoms in total. The molecule has 3 atom stereocenters. The van der Waals surface area contributed by atoms with Crippen LogP contribution in [0.3, 0.4) is 0 Å². The third kappa shape index (κ3) is 0.634. The van der Waals surface area contributed by atoms with Crippen molar-refractivity contribution in [3.8, 4) is 0 Å². The Labute approximate surface area is 55.4 Å². The normalized spacial score (nSPS) is 50.7. The van der Waals surface area contributed by atoms with E-state index >= 15 is 0 Å². The summed E-state index contributed by atoms with van der Waals surface area (Å²) in [5.41, 5.74) is 0. The highest BCUT2D eigenvalue weighted by molar-refractivity contribution is 4.93. The van der Waals surface area contributed by atoms with E-state index in [1.165, 1.54) is 19.3 Å². The molecule has 0 radical (unpaired) electrons. The molecular weight excluding hydrogens is 114 g/mol. The first-order valence-corrected chi connectivity index (χ1v) is 3.76. The molecule has 0 aromatic carbocycles. The summed E-state index contributed by atoms with van der Waals surface area (Å²) in [5.74, 6) is 0.792. The lowest BCUT2D eigenvalue weighted by Gasteiger charge is -2.26.